The Morgan fingerprint density at radius 1 is 1.53 bits per heavy atom. The van der Waals surface area contributed by atoms with Crippen LogP contribution in [-0.4, -0.2) is 44.7 Å². The third kappa shape index (κ3) is 5.24. The molecule has 0 aliphatic heterocycles. The van der Waals surface area contributed by atoms with Crippen molar-refractivity contribution in [3.63, 3.8) is 0 Å². The van der Waals surface area contributed by atoms with Crippen LogP contribution in [0.1, 0.15) is 6.42 Å². The van der Waals surface area contributed by atoms with Gasteiger partial charge in [-0.2, -0.15) is 16.7 Å². The van der Waals surface area contributed by atoms with Crippen LogP contribution < -0.4 is 16.6 Å². The van der Waals surface area contributed by atoms with Crippen LogP contribution in [-0.2, 0) is 0 Å². The lowest BCUT2D eigenvalue weighted by atomic mass is 10.4. The van der Waals surface area contributed by atoms with Crippen LogP contribution >= 0.6 is 11.8 Å². The molecule has 0 saturated heterocycles. The molecule has 0 aliphatic carbocycles. The second-order valence-electron chi connectivity index (χ2n) is 3.45. The van der Waals surface area contributed by atoms with Gasteiger partial charge in [0.25, 0.3) is 0 Å². The number of aliphatic hydroxyl groups is 1. The standard InChI is InChI=1S/C9H16N6O3S/c10-14-9-12-6-7(15(17)18)8(13-9)11-2-5-19-4-1-3-16/h6,16H,1-5,10H2,(H2,11,12,13,14). The zero-order valence-electron chi connectivity index (χ0n) is 10.2. The number of anilines is 2. The van der Waals surface area contributed by atoms with Crippen molar-refractivity contribution in [2.45, 2.75) is 6.42 Å². The van der Waals surface area contributed by atoms with Gasteiger partial charge in [0.1, 0.15) is 6.20 Å². The lowest BCUT2D eigenvalue weighted by Gasteiger charge is -2.07. The molecule has 1 aromatic heterocycles. The lowest BCUT2D eigenvalue weighted by Crippen LogP contribution is -2.14. The van der Waals surface area contributed by atoms with Gasteiger partial charge in [-0.3, -0.25) is 15.5 Å². The number of hydrogen-bond donors (Lipinski definition) is 4. The number of nitrogen functional groups attached to an aromatic ring is 1. The Labute approximate surface area is 114 Å². The van der Waals surface area contributed by atoms with Crippen LogP contribution in [0.2, 0.25) is 0 Å². The predicted molar refractivity (Wildman–Crippen MR) is 74.0 cm³/mol. The Hall–Kier alpha value is -1.65. The molecule has 0 radical (unpaired) electrons. The van der Waals surface area contributed by atoms with Crippen molar-refractivity contribution in [3.8, 4) is 0 Å². The van der Waals surface area contributed by atoms with E-state index in [9.17, 15) is 10.1 Å². The molecule has 1 aromatic rings. The number of aromatic nitrogens is 2. The van der Waals surface area contributed by atoms with Gasteiger partial charge in [-0.1, -0.05) is 0 Å². The number of nitrogens with two attached hydrogens (primary N) is 1. The van der Waals surface area contributed by atoms with Gasteiger partial charge in [-0.05, 0) is 12.2 Å². The fourth-order valence-electron chi connectivity index (χ4n) is 1.22. The van der Waals surface area contributed by atoms with Crippen LogP contribution in [0.15, 0.2) is 6.20 Å². The monoisotopic (exact) mass is 288 g/mol. The average molecular weight is 288 g/mol. The molecule has 0 aromatic carbocycles. The predicted octanol–water partition coefficient (Wildman–Crippen LogP) is 0.198. The zero-order chi connectivity index (χ0) is 14.1. The fraction of sp³-hybridized carbons (Fsp3) is 0.556. The van der Waals surface area contributed by atoms with Gasteiger partial charge in [-0.15, -0.1) is 0 Å². The minimum absolute atomic E-state index is 0.112. The number of hydrogen-bond acceptors (Lipinski definition) is 9. The number of aliphatic hydroxyl groups excluding tert-OH is 1. The van der Waals surface area contributed by atoms with Crippen molar-refractivity contribution in [3.05, 3.63) is 16.3 Å². The molecule has 5 N–H and O–H groups in total. The summed E-state index contributed by atoms with van der Waals surface area (Å²) in [6.07, 6.45) is 1.84. The highest BCUT2D eigenvalue weighted by Crippen LogP contribution is 2.21. The molecule has 0 fully saturated rings. The molecule has 0 spiro atoms. The Morgan fingerprint density at radius 2 is 2.32 bits per heavy atom. The van der Waals surface area contributed by atoms with Crippen molar-refractivity contribution in [2.24, 2.45) is 5.84 Å². The fourth-order valence-corrected chi connectivity index (χ4v) is 2.00. The number of hydrazine groups is 1. The Bertz CT molecular complexity index is 419. The highest BCUT2D eigenvalue weighted by Gasteiger charge is 2.16. The number of nitrogens with zero attached hydrogens (tertiary/aromatic N) is 3. The highest BCUT2D eigenvalue weighted by atomic mass is 32.2. The summed E-state index contributed by atoms with van der Waals surface area (Å²) in [4.78, 5) is 17.8. The van der Waals surface area contributed by atoms with Crippen molar-refractivity contribution in [2.75, 3.05) is 35.4 Å². The Balaban J connectivity index is 2.52. The summed E-state index contributed by atoms with van der Waals surface area (Å²) in [6, 6.07) is 0. The molecule has 10 heteroatoms. The normalized spacial score (nSPS) is 10.2. The maximum atomic E-state index is 10.8. The number of nitro groups is 1. The van der Waals surface area contributed by atoms with E-state index in [1.54, 1.807) is 11.8 Å². The zero-order valence-corrected chi connectivity index (χ0v) is 11.0. The van der Waals surface area contributed by atoms with Gasteiger partial charge in [0, 0.05) is 18.9 Å². The molecule has 0 amide bonds. The second kappa shape index (κ2) is 8.45. The Kier molecular flexibility index (Phi) is 6.85. The number of rotatable bonds is 9. The van der Waals surface area contributed by atoms with E-state index < -0.39 is 4.92 Å². The third-order valence-electron chi connectivity index (χ3n) is 2.08. The van der Waals surface area contributed by atoms with Crippen molar-refractivity contribution in [1.29, 1.82) is 0 Å². The van der Waals surface area contributed by atoms with Crippen LogP contribution in [0.3, 0.4) is 0 Å². The summed E-state index contributed by atoms with van der Waals surface area (Å²) in [5, 5.41) is 22.3. The summed E-state index contributed by atoms with van der Waals surface area (Å²) in [5.41, 5.74) is 2.04. The van der Waals surface area contributed by atoms with Crippen LogP contribution in [0.5, 0.6) is 0 Å². The Morgan fingerprint density at radius 3 is 2.95 bits per heavy atom. The molecule has 9 nitrogen and oxygen atoms in total. The molecule has 0 aliphatic rings. The molecule has 0 unspecified atom stereocenters. The topological polar surface area (TPSA) is 139 Å². The molecule has 1 heterocycles. The highest BCUT2D eigenvalue weighted by molar-refractivity contribution is 7.99. The molecule has 0 atom stereocenters. The summed E-state index contributed by atoms with van der Waals surface area (Å²) in [5.74, 6) is 7.00. The first kappa shape index (κ1) is 15.4. The minimum Gasteiger partial charge on any atom is -0.396 e. The van der Waals surface area contributed by atoms with E-state index in [2.05, 4.69) is 20.7 Å². The van der Waals surface area contributed by atoms with Gasteiger partial charge >= 0.3 is 5.69 Å². The second-order valence-corrected chi connectivity index (χ2v) is 4.67. The van der Waals surface area contributed by atoms with Crippen molar-refractivity contribution < 1.29 is 10.0 Å². The summed E-state index contributed by atoms with van der Waals surface area (Å²) >= 11 is 1.65. The van der Waals surface area contributed by atoms with Gasteiger partial charge in [0.05, 0.1) is 4.92 Å². The third-order valence-corrected chi connectivity index (χ3v) is 3.15. The van der Waals surface area contributed by atoms with E-state index in [1.165, 1.54) is 0 Å². The number of nitrogens with one attached hydrogen (secondary N) is 2. The van der Waals surface area contributed by atoms with E-state index in [4.69, 9.17) is 10.9 Å². The molecule has 1 rings (SSSR count). The smallest absolute Gasteiger partial charge is 0.329 e. The van der Waals surface area contributed by atoms with Gasteiger partial charge in [0.15, 0.2) is 0 Å². The minimum atomic E-state index is -0.554. The quantitative estimate of drug-likeness (QED) is 0.217. The van der Waals surface area contributed by atoms with E-state index in [0.717, 1.165) is 24.1 Å². The molecule has 0 bridgehead atoms. The maximum Gasteiger partial charge on any atom is 0.329 e. The first-order valence-electron chi connectivity index (χ1n) is 5.59. The maximum absolute atomic E-state index is 10.8. The lowest BCUT2D eigenvalue weighted by molar-refractivity contribution is -0.384. The van der Waals surface area contributed by atoms with E-state index in [-0.39, 0.29) is 24.1 Å². The van der Waals surface area contributed by atoms with Crippen molar-refractivity contribution in [1.82, 2.24) is 9.97 Å². The van der Waals surface area contributed by atoms with Gasteiger partial charge < -0.3 is 10.4 Å². The van der Waals surface area contributed by atoms with E-state index in [0.29, 0.717) is 6.54 Å². The molecule has 106 valence electrons. The van der Waals surface area contributed by atoms with Crippen LogP contribution in [0, 0.1) is 10.1 Å². The SMILES string of the molecule is NNc1ncc([N+](=O)[O-])c(NCCSCCCO)n1. The summed E-state index contributed by atoms with van der Waals surface area (Å²) in [7, 11) is 0. The molecular weight excluding hydrogens is 272 g/mol. The number of thioether (sulfide) groups is 1. The average Bonchev–Trinajstić information content (AvgIpc) is 2.42. The first-order valence-corrected chi connectivity index (χ1v) is 6.75. The van der Waals surface area contributed by atoms with E-state index in [1.807, 2.05) is 0 Å². The van der Waals surface area contributed by atoms with Gasteiger partial charge in [0.2, 0.25) is 11.8 Å². The molecular formula is C9H16N6O3S. The molecule has 0 saturated carbocycles. The van der Waals surface area contributed by atoms with E-state index >= 15 is 0 Å². The van der Waals surface area contributed by atoms with Crippen molar-refractivity contribution >= 4 is 29.2 Å². The molecule has 19 heavy (non-hydrogen) atoms. The van der Waals surface area contributed by atoms with Gasteiger partial charge in [-0.25, -0.2) is 10.8 Å². The summed E-state index contributed by atoms with van der Waals surface area (Å²) in [6.45, 7) is 0.696. The largest absolute Gasteiger partial charge is 0.396 e. The van der Waals surface area contributed by atoms with Crippen LogP contribution in [0.25, 0.3) is 0 Å². The van der Waals surface area contributed by atoms with Crippen LogP contribution in [0.4, 0.5) is 17.5 Å². The first-order chi connectivity index (χ1) is 9.19. The summed E-state index contributed by atoms with van der Waals surface area (Å²) < 4.78 is 0.